The smallest absolute Gasteiger partial charge is 1.00 e. The second-order valence-electron chi connectivity index (χ2n) is 0.747. The first-order valence-corrected chi connectivity index (χ1v) is 1.82. The molecule has 0 aliphatic heterocycles. The van der Waals surface area contributed by atoms with Crippen LogP contribution in [0, 0.1) is 0 Å². The molecule has 0 aromatic heterocycles. The molecule has 0 unspecified atom stereocenters. The fraction of sp³-hybridized carbons (Fsp3) is 0.667. The van der Waals surface area contributed by atoms with E-state index >= 15 is 0 Å². The third-order valence-electron chi connectivity index (χ3n) is 0.302. The summed E-state index contributed by atoms with van der Waals surface area (Å²) in [4.78, 5) is 9.37. The molecule has 0 aromatic carbocycles. The minimum absolute atomic E-state index is 0. The maximum absolute atomic E-state index is 9.37. The van der Waals surface area contributed by atoms with E-state index in [4.69, 9.17) is 5.11 Å². The van der Waals surface area contributed by atoms with Crippen LogP contribution in [0.15, 0.2) is 0 Å². The van der Waals surface area contributed by atoms with E-state index < -0.39 is 5.97 Å². The molecule has 0 aliphatic carbocycles. The summed E-state index contributed by atoms with van der Waals surface area (Å²) in [5.74, 6) is 7.25. The van der Waals surface area contributed by atoms with E-state index in [-0.39, 0.29) is 68.4 Å². The Labute approximate surface area is 102 Å². The Balaban J connectivity index is -0.00000000972. The van der Waals surface area contributed by atoms with Crippen molar-refractivity contribution in [2.24, 2.45) is 11.7 Å². The van der Waals surface area contributed by atoms with Crippen LogP contribution in [0.3, 0.4) is 0 Å². The van der Waals surface area contributed by atoms with Crippen molar-refractivity contribution in [3.8, 4) is 0 Å². The van der Waals surface area contributed by atoms with Gasteiger partial charge in [-0.2, -0.15) is 0 Å². The summed E-state index contributed by atoms with van der Waals surface area (Å²) in [6.45, 7) is 1.60. The van der Waals surface area contributed by atoms with Crippen molar-refractivity contribution in [2.75, 3.05) is 0 Å². The first kappa shape index (κ1) is 22.4. The normalized spacial score (nSPS) is 4.78. The Morgan fingerprint density at radius 3 is 1.67 bits per heavy atom. The molecule has 0 amide bonds. The maximum Gasteiger partial charge on any atom is 1.00 e. The molecule has 5 N–H and O–H groups in total. The number of aliphatic carboxylic acids is 1. The molecular weight excluding hydrogens is 142 g/mol. The summed E-state index contributed by atoms with van der Waals surface area (Å²) < 4.78 is 0. The maximum atomic E-state index is 9.37. The van der Waals surface area contributed by atoms with Crippen LogP contribution in [-0.4, -0.2) is 11.1 Å². The van der Waals surface area contributed by atoms with Crippen LogP contribution in [0.4, 0.5) is 0 Å². The Bertz CT molecular complexity index is 60.6. The van der Waals surface area contributed by atoms with Crippen molar-refractivity contribution in [1.29, 1.82) is 0 Å². The summed E-state index contributed by atoms with van der Waals surface area (Å²) in [5.41, 5.74) is 0. The van der Waals surface area contributed by atoms with Crippen LogP contribution in [0.5, 0.6) is 0 Å². The van der Waals surface area contributed by atoms with Gasteiger partial charge in [0.25, 0.3) is 0 Å². The van der Waals surface area contributed by atoms with Gasteiger partial charge >= 0.3 is 65.1 Å². The predicted octanol–water partition coefficient (Wildman–Crippen LogP) is -6.47. The third kappa shape index (κ3) is 44.6. The summed E-state index contributed by atoms with van der Waals surface area (Å²) in [6.07, 6.45) is 0.222. The number of carboxylic acid groups (broad SMARTS) is 1. The number of carbonyl (C=O) groups is 1. The van der Waals surface area contributed by atoms with Gasteiger partial charge in [-0.15, -0.1) is 0 Å². The number of carboxylic acids is 1. The average Bonchev–Trinajstić information content (AvgIpc) is 1.73. The van der Waals surface area contributed by atoms with Gasteiger partial charge in [-0.3, -0.25) is 16.5 Å². The summed E-state index contributed by atoms with van der Waals surface area (Å²) >= 11 is 0. The van der Waals surface area contributed by atoms with E-state index in [0.717, 1.165) is 0 Å². The topological polar surface area (TPSA) is 89.3 Å². The van der Waals surface area contributed by atoms with Gasteiger partial charge in [0.15, 0.2) is 0 Å². The van der Waals surface area contributed by atoms with E-state index in [1.807, 2.05) is 0 Å². The van der Waals surface area contributed by atoms with Crippen LogP contribution in [0.25, 0.3) is 0 Å². The van der Waals surface area contributed by atoms with Crippen LogP contribution in [-0.2, 0) is 4.79 Å². The molecule has 48 valence electrons. The number of hydrazine groups is 1. The summed E-state index contributed by atoms with van der Waals surface area (Å²) in [5, 5.41) is 7.72. The van der Waals surface area contributed by atoms with Crippen molar-refractivity contribution in [2.45, 2.75) is 13.3 Å². The van der Waals surface area contributed by atoms with Gasteiger partial charge in [0.2, 0.25) is 0 Å². The predicted molar refractivity (Wildman–Crippen MR) is 28.5 cm³/mol. The van der Waals surface area contributed by atoms with Gasteiger partial charge in [0.1, 0.15) is 0 Å². The first-order chi connectivity index (χ1) is 3.27. The fourth-order valence-corrected chi connectivity index (χ4v) is 0. The van der Waals surface area contributed by atoms with Gasteiger partial charge in [-0.25, -0.2) is 0 Å². The number of hydrogen-bond donors (Lipinski definition) is 3. The molecule has 9 heavy (non-hydrogen) atoms. The third-order valence-corrected chi connectivity index (χ3v) is 0.302. The first-order valence-electron chi connectivity index (χ1n) is 1.82. The minimum atomic E-state index is -0.745. The van der Waals surface area contributed by atoms with E-state index in [1.54, 1.807) is 6.92 Å². The van der Waals surface area contributed by atoms with E-state index in [0.29, 0.717) is 0 Å². The number of nitrogens with two attached hydrogens (primary N) is 2. The zero-order chi connectivity index (χ0) is 6.28. The Hall–Kier alpha value is 1.39. The molecule has 0 saturated heterocycles. The molecule has 0 radical (unpaired) electrons. The molecule has 0 fully saturated rings. The van der Waals surface area contributed by atoms with Gasteiger partial charge in [0, 0.05) is 6.42 Å². The van der Waals surface area contributed by atoms with Crippen molar-refractivity contribution < 1.29 is 71.9 Å². The Morgan fingerprint density at radius 1 is 1.56 bits per heavy atom. The van der Waals surface area contributed by atoms with Gasteiger partial charge < -0.3 is 7.96 Å². The van der Waals surface area contributed by atoms with E-state index in [2.05, 4.69) is 11.7 Å². The van der Waals surface area contributed by atoms with Crippen LogP contribution in [0.1, 0.15) is 16.2 Å². The molecule has 0 atom stereocenters. The summed E-state index contributed by atoms with van der Waals surface area (Å²) in [6, 6.07) is 0. The minimum Gasteiger partial charge on any atom is -1.00 e. The standard InChI is InChI=1S/C3H6O2.H4N2.2Na.2H/c1-2-3(4)5;1-2;;;;/h2H2,1H3,(H,4,5);1-2H2;;;;/q;;2*+1;2*-1. The molecule has 0 heterocycles. The molecule has 0 rings (SSSR count). The van der Waals surface area contributed by atoms with Crippen LogP contribution < -0.4 is 70.8 Å². The second kappa shape index (κ2) is 22.8. The van der Waals surface area contributed by atoms with Crippen LogP contribution in [0.2, 0.25) is 0 Å². The Kier molecular flexibility index (Phi) is 56.7. The van der Waals surface area contributed by atoms with Crippen LogP contribution >= 0.6 is 0 Å². The van der Waals surface area contributed by atoms with Gasteiger partial charge in [-0.05, 0) is 0 Å². The average molecular weight is 154 g/mol. The largest absolute Gasteiger partial charge is 1.00 e. The number of hydrogen-bond acceptors (Lipinski definition) is 3. The molecular formula is C3H12N2Na2O2. The van der Waals surface area contributed by atoms with E-state index in [9.17, 15) is 4.79 Å². The van der Waals surface area contributed by atoms with Crippen molar-refractivity contribution in [1.82, 2.24) is 0 Å². The quantitative estimate of drug-likeness (QED) is 0.199. The van der Waals surface area contributed by atoms with Gasteiger partial charge in [-0.1, -0.05) is 6.92 Å². The monoisotopic (exact) mass is 154 g/mol. The van der Waals surface area contributed by atoms with E-state index in [1.165, 1.54) is 0 Å². The molecule has 0 aliphatic rings. The zero-order valence-corrected chi connectivity index (χ0v) is 10.2. The van der Waals surface area contributed by atoms with Gasteiger partial charge in [0.05, 0.1) is 0 Å². The Morgan fingerprint density at radius 2 is 1.67 bits per heavy atom. The SMILES string of the molecule is CCC(=O)O.NN.[H-].[H-].[Na+].[Na+]. The van der Waals surface area contributed by atoms with Crippen molar-refractivity contribution in [3.63, 3.8) is 0 Å². The molecule has 0 spiro atoms. The molecule has 6 heteroatoms. The second-order valence-corrected chi connectivity index (χ2v) is 0.747. The molecule has 4 nitrogen and oxygen atoms in total. The molecule has 0 saturated carbocycles. The summed E-state index contributed by atoms with van der Waals surface area (Å²) in [7, 11) is 0. The van der Waals surface area contributed by atoms with Crippen molar-refractivity contribution in [3.05, 3.63) is 0 Å². The molecule has 0 aromatic rings. The molecule has 0 bridgehead atoms. The van der Waals surface area contributed by atoms with Crippen molar-refractivity contribution >= 4 is 5.97 Å². The zero-order valence-electron chi connectivity index (χ0n) is 8.22. The number of rotatable bonds is 1. The fourth-order valence-electron chi connectivity index (χ4n) is 0.